The minimum atomic E-state index is -0.899. The second-order valence-electron chi connectivity index (χ2n) is 4.29. The van der Waals surface area contributed by atoms with E-state index in [1.165, 1.54) is 11.6 Å². The Balaban J connectivity index is 1.71. The van der Waals surface area contributed by atoms with Crippen molar-refractivity contribution in [3.8, 4) is 0 Å². The van der Waals surface area contributed by atoms with Crippen LogP contribution in [0.2, 0.25) is 0 Å². The van der Waals surface area contributed by atoms with Gasteiger partial charge in [-0.1, -0.05) is 0 Å². The highest BCUT2D eigenvalue weighted by molar-refractivity contribution is 7.97. The van der Waals surface area contributed by atoms with E-state index in [4.69, 9.17) is 0 Å². The van der Waals surface area contributed by atoms with Crippen molar-refractivity contribution < 1.29 is 8.78 Å². The molecule has 0 fully saturated rings. The van der Waals surface area contributed by atoms with Gasteiger partial charge in [-0.25, -0.2) is 13.8 Å². The van der Waals surface area contributed by atoms with Crippen LogP contribution in [0.15, 0.2) is 36.7 Å². The third-order valence-electron chi connectivity index (χ3n) is 2.85. The van der Waals surface area contributed by atoms with Crippen LogP contribution >= 0.6 is 11.8 Å². The van der Waals surface area contributed by atoms with E-state index < -0.39 is 11.6 Å². The summed E-state index contributed by atoms with van der Waals surface area (Å²) in [5, 5.41) is 0. The van der Waals surface area contributed by atoms with Gasteiger partial charge in [-0.2, -0.15) is 0 Å². The second kappa shape index (κ2) is 5.58. The first-order valence-electron chi connectivity index (χ1n) is 6.03. The molecule has 102 valence electrons. The van der Waals surface area contributed by atoms with Gasteiger partial charge in [0.15, 0.2) is 11.6 Å². The molecule has 0 unspecified atom stereocenters. The van der Waals surface area contributed by atoms with Crippen molar-refractivity contribution in [2.24, 2.45) is 0 Å². The van der Waals surface area contributed by atoms with Crippen molar-refractivity contribution in [2.45, 2.75) is 11.5 Å². The molecular formula is C14H11F2N3S. The highest BCUT2D eigenvalue weighted by Gasteiger charge is 2.11. The van der Waals surface area contributed by atoms with E-state index in [9.17, 15) is 8.78 Å². The van der Waals surface area contributed by atoms with Gasteiger partial charge in [-0.3, -0.25) is 4.98 Å². The van der Waals surface area contributed by atoms with Crippen molar-refractivity contribution in [2.75, 3.05) is 0 Å². The Bertz CT molecular complexity index is 728. The minimum absolute atomic E-state index is 0.0597. The summed E-state index contributed by atoms with van der Waals surface area (Å²) in [7, 11) is 0. The van der Waals surface area contributed by atoms with Crippen molar-refractivity contribution >= 4 is 22.8 Å². The third kappa shape index (κ3) is 2.65. The lowest BCUT2D eigenvalue weighted by molar-refractivity contribution is 0.515. The lowest BCUT2D eigenvalue weighted by atomic mass is 10.3. The van der Waals surface area contributed by atoms with Gasteiger partial charge in [-0.05, 0) is 29.8 Å². The number of nitrogens with zero attached hydrogens (tertiary/aromatic N) is 2. The van der Waals surface area contributed by atoms with E-state index in [1.54, 1.807) is 24.2 Å². The lowest BCUT2D eigenvalue weighted by Gasteiger charge is -1.98. The van der Waals surface area contributed by atoms with E-state index in [0.29, 0.717) is 17.1 Å². The maximum absolute atomic E-state index is 13.5. The Morgan fingerprint density at radius 3 is 2.65 bits per heavy atom. The average Bonchev–Trinajstić information content (AvgIpc) is 2.88. The van der Waals surface area contributed by atoms with Crippen LogP contribution in [0.3, 0.4) is 0 Å². The van der Waals surface area contributed by atoms with E-state index in [2.05, 4.69) is 15.0 Å². The van der Waals surface area contributed by atoms with Gasteiger partial charge in [0.05, 0.1) is 11.3 Å². The van der Waals surface area contributed by atoms with Crippen molar-refractivity contribution in [3.63, 3.8) is 0 Å². The standard InChI is InChI=1S/C14H11F2N3S/c15-10-1-2-11-14(13(10)16)19-12(18-11)8-20-7-9-3-5-17-6-4-9/h1-6H,7-8H2,(H,18,19). The van der Waals surface area contributed by atoms with E-state index in [-0.39, 0.29) is 5.52 Å². The highest BCUT2D eigenvalue weighted by Crippen LogP contribution is 2.21. The molecule has 1 aromatic carbocycles. The molecule has 0 amide bonds. The highest BCUT2D eigenvalue weighted by atomic mass is 32.2. The number of benzene rings is 1. The number of fused-ring (bicyclic) bond motifs is 1. The molecule has 1 N–H and O–H groups in total. The zero-order valence-electron chi connectivity index (χ0n) is 10.4. The summed E-state index contributed by atoms with van der Waals surface area (Å²) in [6.45, 7) is 0. The van der Waals surface area contributed by atoms with Crippen molar-refractivity contribution in [1.29, 1.82) is 0 Å². The molecule has 0 saturated heterocycles. The molecule has 3 nitrogen and oxygen atoms in total. The first kappa shape index (κ1) is 13.1. The van der Waals surface area contributed by atoms with Crippen LogP contribution in [0.5, 0.6) is 0 Å². The summed E-state index contributed by atoms with van der Waals surface area (Å²) in [4.78, 5) is 11.1. The molecule has 0 aliphatic carbocycles. The van der Waals surface area contributed by atoms with Crippen molar-refractivity contribution in [1.82, 2.24) is 15.0 Å². The molecule has 0 spiro atoms. The summed E-state index contributed by atoms with van der Waals surface area (Å²) < 4.78 is 26.6. The second-order valence-corrected chi connectivity index (χ2v) is 5.27. The Morgan fingerprint density at radius 1 is 1.05 bits per heavy atom. The van der Waals surface area contributed by atoms with E-state index in [1.807, 2.05) is 12.1 Å². The first-order valence-corrected chi connectivity index (χ1v) is 7.19. The lowest BCUT2D eigenvalue weighted by Crippen LogP contribution is -1.86. The fourth-order valence-electron chi connectivity index (χ4n) is 1.88. The fourth-order valence-corrected chi connectivity index (χ4v) is 2.74. The largest absolute Gasteiger partial charge is 0.341 e. The predicted molar refractivity (Wildman–Crippen MR) is 75.2 cm³/mol. The number of hydrogen-bond donors (Lipinski definition) is 1. The number of nitrogens with one attached hydrogen (secondary N) is 1. The molecular weight excluding hydrogens is 280 g/mol. The number of aromatic amines is 1. The summed E-state index contributed by atoms with van der Waals surface area (Å²) in [5.41, 5.74) is 1.74. The Hall–Kier alpha value is -1.95. The summed E-state index contributed by atoms with van der Waals surface area (Å²) in [6.07, 6.45) is 3.49. The molecule has 20 heavy (non-hydrogen) atoms. The van der Waals surface area contributed by atoms with Crippen LogP contribution in [0.4, 0.5) is 8.78 Å². The molecule has 6 heteroatoms. The number of rotatable bonds is 4. The summed E-state index contributed by atoms with van der Waals surface area (Å²) >= 11 is 1.65. The molecule has 0 saturated carbocycles. The van der Waals surface area contributed by atoms with E-state index in [0.717, 1.165) is 11.8 Å². The number of pyridine rings is 1. The van der Waals surface area contributed by atoms with Crippen LogP contribution < -0.4 is 0 Å². The zero-order valence-corrected chi connectivity index (χ0v) is 11.3. The van der Waals surface area contributed by atoms with Gasteiger partial charge in [0.2, 0.25) is 0 Å². The Labute approximate surface area is 118 Å². The van der Waals surface area contributed by atoms with Crippen LogP contribution in [0, 0.1) is 11.6 Å². The molecule has 3 aromatic rings. The summed E-state index contributed by atoms with van der Waals surface area (Å²) in [5.74, 6) is 0.293. The van der Waals surface area contributed by atoms with Crippen LogP contribution in [0.25, 0.3) is 11.0 Å². The monoisotopic (exact) mass is 291 g/mol. The molecule has 0 bridgehead atoms. The smallest absolute Gasteiger partial charge is 0.186 e. The quantitative estimate of drug-likeness (QED) is 0.797. The van der Waals surface area contributed by atoms with Crippen LogP contribution in [-0.4, -0.2) is 15.0 Å². The number of aromatic nitrogens is 3. The SMILES string of the molecule is Fc1ccc2[nH]c(CSCc3ccncc3)nc2c1F. The molecule has 0 radical (unpaired) electrons. The number of H-pyrrole nitrogens is 1. The minimum Gasteiger partial charge on any atom is -0.341 e. The van der Waals surface area contributed by atoms with Gasteiger partial charge in [0.1, 0.15) is 11.3 Å². The normalized spacial score (nSPS) is 11.1. The molecule has 0 aliphatic heterocycles. The van der Waals surface area contributed by atoms with Crippen LogP contribution in [-0.2, 0) is 11.5 Å². The Kier molecular flexibility index (Phi) is 3.64. The van der Waals surface area contributed by atoms with Gasteiger partial charge in [-0.15, -0.1) is 11.8 Å². The van der Waals surface area contributed by atoms with Crippen LogP contribution in [0.1, 0.15) is 11.4 Å². The van der Waals surface area contributed by atoms with Gasteiger partial charge < -0.3 is 4.98 Å². The van der Waals surface area contributed by atoms with Gasteiger partial charge in [0.25, 0.3) is 0 Å². The number of halogens is 2. The molecule has 0 atom stereocenters. The number of thioether (sulfide) groups is 1. The fraction of sp³-hybridized carbons (Fsp3) is 0.143. The topological polar surface area (TPSA) is 41.6 Å². The third-order valence-corrected chi connectivity index (χ3v) is 3.87. The zero-order chi connectivity index (χ0) is 13.9. The molecule has 0 aliphatic rings. The van der Waals surface area contributed by atoms with Gasteiger partial charge in [0, 0.05) is 18.1 Å². The van der Waals surface area contributed by atoms with Gasteiger partial charge >= 0.3 is 0 Å². The van der Waals surface area contributed by atoms with E-state index >= 15 is 0 Å². The molecule has 2 aromatic heterocycles. The molecule has 3 rings (SSSR count). The number of imidazole rings is 1. The summed E-state index contributed by atoms with van der Waals surface area (Å²) in [6, 6.07) is 6.49. The predicted octanol–water partition coefficient (Wildman–Crippen LogP) is 3.67. The maximum Gasteiger partial charge on any atom is 0.186 e. The Morgan fingerprint density at radius 2 is 1.85 bits per heavy atom. The molecule has 2 heterocycles. The number of hydrogen-bond acceptors (Lipinski definition) is 3. The van der Waals surface area contributed by atoms with Crippen molar-refractivity contribution in [3.05, 3.63) is 59.7 Å². The average molecular weight is 291 g/mol. The first-order chi connectivity index (χ1) is 9.74. The maximum atomic E-state index is 13.5.